The topological polar surface area (TPSA) is 46.1 Å². The van der Waals surface area contributed by atoms with Gasteiger partial charge in [-0.3, -0.25) is 4.79 Å². The van der Waals surface area contributed by atoms with Crippen LogP contribution in [-0.2, 0) is 6.42 Å². The van der Waals surface area contributed by atoms with Crippen molar-refractivity contribution in [2.24, 2.45) is 0 Å². The number of hydrogen-bond donors (Lipinski definition) is 0. The first-order chi connectivity index (χ1) is 9.78. The van der Waals surface area contributed by atoms with Crippen LogP contribution in [0.1, 0.15) is 45.4 Å². The smallest absolute Gasteiger partial charge is 0.263 e. The van der Waals surface area contributed by atoms with Gasteiger partial charge in [0.15, 0.2) is 0 Å². The van der Waals surface area contributed by atoms with Gasteiger partial charge in [-0.05, 0) is 30.7 Å². The molecule has 4 nitrogen and oxygen atoms in total. The molecule has 3 heterocycles. The number of nitrogens with zero attached hydrogens (tertiary/aromatic N) is 3. The number of aryl methyl sites for hydroxylation is 1. The molecule has 0 unspecified atom stereocenters. The quantitative estimate of drug-likeness (QED) is 0.875. The zero-order valence-electron chi connectivity index (χ0n) is 11.4. The van der Waals surface area contributed by atoms with Crippen molar-refractivity contribution in [1.29, 1.82) is 0 Å². The molecule has 0 N–H and O–H groups in total. The van der Waals surface area contributed by atoms with Crippen molar-refractivity contribution >= 4 is 28.6 Å². The summed E-state index contributed by atoms with van der Waals surface area (Å²) in [5.74, 6) is 0.644. The first kappa shape index (κ1) is 13.7. The Labute approximate surface area is 126 Å². The molecule has 0 aromatic carbocycles. The van der Waals surface area contributed by atoms with E-state index >= 15 is 0 Å². The van der Waals surface area contributed by atoms with Crippen LogP contribution in [0.4, 0.5) is 0 Å². The summed E-state index contributed by atoms with van der Waals surface area (Å²) >= 11 is 3.24. The highest BCUT2D eigenvalue weighted by molar-refractivity contribution is 7.12. The van der Waals surface area contributed by atoms with Crippen molar-refractivity contribution in [3.8, 4) is 0 Å². The second-order valence-electron chi connectivity index (χ2n) is 4.93. The van der Waals surface area contributed by atoms with Crippen LogP contribution >= 0.6 is 22.7 Å². The van der Waals surface area contributed by atoms with Crippen LogP contribution in [0.15, 0.2) is 17.5 Å². The summed E-state index contributed by atoms with van der Waals surface area (Å²) in [4.78, 5) is 15.1. The van der Waals surface area contributed by atoms with E-state index in [1.54, 1.807) is 11.3 Å². The molecule has 2 aromatic heterocycles. The lowest BCUT2D eigenvalue weighted by Gasteiger charge is -2.30. The summed E-state index contributed by atoms with van der Waals surface area (Å²) in [6, 6.07) is 3.83. The number of aromatic nitrogens is 2. The maximum Gasteiger partial charge on any atom is 0.263 e. The molecule has 106 valence electrons. The van der Waals surface area contributed by atoms with Crippen LogP contribution < -0.4 is 0 Å². The fourth-order valence-corrected chi connectivity index (χ4v) is 4.10. The summed E-state index contributed by atoms with van der Waals surface area (Å²) in [5, 5.41) is 12.7. The number of amides is 1. The molecule has 1 saturated heterocycles. The van der Waals surface area contributed by atoms with Crippen molar-refractivity contribution in [1.82, 2.24) is 15.1 Å². The summed E-state index contributed by atoms with van der Waals surface area (Å²) < 4.78 is 0. The minimum atomic E-state index is 0.171. The number of likely N-dealkylation sites (tertiary alicyclic amines) is 1. The van der Waals surface area contributed by atoms with E-state index in [0.29, 0.717) is 5.92 Å². The molecule has 2 aromatic rings. The van der Waals surface area contributed by atoms with Crippen molar-refractivity contribution in [3.63, 3.8) is 0 Å². The number of carbonyl (C=O) groups excluding carboxylic acids is 1. The molecule has 1 amide bonds. The number of rotatable bonds is 3. The molecule has 0 atom stereocenters. The Bertz CT molecular complexity index is 571. The van der Waals surface area contributed by atoms with Crippen molar-refractivity contribution in [2.75, 3.05) is 13.1 Å². The average molecular weight is 307 g/mol. The van der Waals surface area contributed by atoms with Gasteiger partial charge in [0.2, 0.25) is 0 Å². The number of carbonyl (C=O) groups is 1. The van der Waals surface area contributed by atoms with Gasteiger partial charge in [0.1, 0.15) is 10.0 Å². The number of piperidine rings is 1. The van der Waals surface area contributed by atoms with Crippen LogP contribution in [0.5, 0.6) is 0 Å². The summed E-state index contributed by atoms with van der Waals surface area (Å²) in [7, 11) is 0. The molecule has 1 fully saturated rings. The van der Waals surface area contributed by atoms with E-state index in [0.717, 1.165) is 47.2 Å². The van der Waals surface area contributed by atoms with Crippen molar-refractivity contribution < 1.29 is 4.79 Å². The van der Waals surface area contributed by atoms with E-state index in [1.165, 1.54) is 11.3 Å². The van der Waals surface area contributed by atoms with Crippen LogP contribution in [0.2, 0.25) is 0 Å². The van der Waals surface area contributed by atoms with E-state index in [4.69, 9.17) is 0 Å². The molecule has 20 heavy (non-hydrogen) atoms. The number of hydrogen-bond acceptors (Lipinski definition) is 5. The monoisotopic (exact) mass is 307 g/mol. The minimum absolute atomic E-state index is 0.171. The lowest BCUT2D eigenvalue weighted by molar-refractivity contribution is 0.0718. The van der Waals surface area contributed by atoms with Crippen LogP contribution in [0.3, 0.4) is 0 Å². The highest BCUT2D eigenvalue weighted by Crippen LogP contribution is 2.31. The van der Waals surface area contributed by atoms with Crippen molar-refractivity contribution in [3.05, 3.63) is 32.4 Å². The maximum atomic E-state index is 12.3. The molecular formula is C14H17N3OS2. The predicted octanol–water partition coefficient (Wildman–Crippen LogP) is 3.18. The van der Waals surface area contributed by atoms with Crippen molar-refractivity contribution in [2.45, 2.75) is 32.1 Å². The van der Waals surface area contributed by atoms with E-state index in [9.17, 15) is 4.79 Å². The van der Waals surface area contributed by atoms with Gasteiger partial charge in [-0.15, -0.1) is 32.9 Å². The Morgan fingerprint density at radius 1 is 1.40 bits per heavy atom. The molecule has 0 radical (unpaired) electrons. The van der Waals surface area contributed by atoms with Gasteiger partial charge in [-0.1, -0.05) is 13.0 Å². The third kappa shape index (κ3) is 2.76. The molecule has 1 aliphatic rings. The molecule has 0 spiro atoms. The van der Waals surface area contributed by atoms with E-state index in [2.05, 4.69) is 17.1 Å². The highest BCUT2D eigenvalue weighted by Gasteiger charge is 2.26. The number of thiophene rings is 1. The zero-order valence-corrected chi connectivity index (χ0v) is 13.0. The molecule has 3 rings (SSSR count). The Morgan fingerprint density at radius 2 is 2.20 bits per heavy atom. The summed E-state index contributed by atoms with van der Waals surface area (Å²) in [6.45, 7) is 3.75. The summed E-state index contributed by atoms with van der Waals surface area (Å²) in [6.07, 6.45) is 2.94. The minimum Gasteiger partial charge on any atom is -0.338 e. The fourth-order valence-electron chi connectivity index (χ4n) is 2.46. The lowest BCUT2D eigenvalue weighted by atomic mass is 9.97. The van der Waals surface area contributed by atoms with Gasteiger partial charge in [-0.2, -0.15) is 0 Å². The van der Waals surface area contributed by atoms with Gasteiger partial charge in [0, 0.05) is 19.0 Å². The first-order valence-corrected chi connectivity index (χ1v) is 8.62. The molecule has 0 saturated carbocycles. The standard InChI is InChI=1S/C14H17N3OS2/c1-2-12-15-16-13(20-12)10-5-7-17(8-6-10)14(18)11-4-3-9-19-11/h3-4,9-10H,2,5-8H2,1H3. The second-order valence-corrected chi connectivity index (χ2v) is 6.97. The first-order valence-electron chi connectivity index (χ1n) is 6.93. The second kappa shape index (κ2) is 6.01. The predicted molar refractivity (Wildman–Crippen MR) is 81.5 cm³/mol. The Kier molecular flexibility index (Phi) is 4.12. The van der Waals surface area contributed by atoms with Crippen LogP contribution in [0, 0.1) is 0 Å². The Morgan fingerprint density at radius 3 is 2.80 bits per heavy atom. The van der Waals surface area contributed by atoms with Gasteiger partial charge in [-0.25, -0.2) is 0 Å². The SMILES string of the molecule is CCc1nnc(C2CCN(C(=O)c3cccs3)CC2)s1. The van der Waals surface area contributed by atoms with Gasteiger partial charge >= 0.3 is 0 Å². The largest absolute Gasteiger partial charge is 0.338 e. The maximum absolute atomic E-state index is 12.3. The van der Waals surface area contributed by atoms with Crippen LogP contribution in [0.25, 0.3) is 0 Å². The molecule has 0 bridgehead atoms. The van der Waals surface area contributed by atoms with E-state index in [1.807, 2.05) is 22.4 Å². The Balaban J connectivity index is 1.60. The molecule has 6 heteroatoms. The van der Waals surface area contributed by atoms with Crippen LogP contribution in [-0.4, -0.2) is 34.1 Å². The average Bonchev–Trinajstić information content (AvgIpc) is 3.18. The zero-order chi connectivity index (χ0) is 13.9. The van der Waals surface area contributed by atoms with Gasteiger partial charge < -0.3 is 4.90 Å². The third-order valence-corrected chi connectivity index (χ3v) is 5.74. The molecular weight excluding hydrogens is 290 g/mol. The van der Waals surface area contributed by atoms with E-state index < -0.39 is 0 Å². The summed E-state index contributed by atoms with van der Waals surface area (Å²) in [5.41, 5.74) is 0. The highest BCUT2D eigenvalue weighted by atomic mass is 32.1. The Hall–Kier alpha value is -1.27. The van der Waals surface area contributed by atoms with Gasteiger partial charge in [0.25, 0.3) is 5.91 Å². The third-order valence-electron chi connectivity index (χ3n) is 3.65. The lowest BCUT2D eigenvalue weighted by Crippen LogP contribution is -2.37. The van der Waals surface area contributed by atoms with E-state index in [-0.39, 0.29) is 5.91 Å². The van der Waals surface area contributed by atoms with Gasteiger partial charge in [0.05, 0.1) is 4.88 Å². The molecule has 1 aliphatic heterocycles. The normalized spacial score (nSPS) is 16.6. The molecule has 0 aliphatic carbocycles. The fraction of sp³-hybridized carbons (Fsp3) is 0.500.